The highest BCUT2D eigenvalue weighted by molar-refractivity contribution is 14.1. The fraction of sp³-hybridized carbons (Fsp3) is 0.167. The van der Waals surface area contributed by atoms with Crippen LogP contribution in [0.1, 0.15) is 5.82 Å². The zero-order valence-electron chi connectivity index (χ0n) is 5.80. The van der Waals surface area contributed by atoms with Crippen molar-refractivity contribution in [2.24, 2.45) is 0 Å². The van der Waals surface area contributed by atoms with Crippen molar-refractivity contribution in [1.29, 1.82) is 0 Å². The number of aromatic nitrogens is 4. The average Bonchev–Trinajstić information content (AvgIpc) is 2.33. The fourth-order valence-corrected chi connectivity index (χ4v) is 1.39. The maximum Gasteiger partial charge on any atom is 0.130 e. The Bertz CT molecular complexity index is 394. The summed E-state index contributed by atoms with van der Waals surface area (Å²) in [5, 5.41) is 6.84. The summed E-state index contributed by atoms with van der Waals surface area (Å²) in [5.74, 6) is 0.775. The van der Waals surface area contributed by atoms with Gasteiger partial charge in [-0.3, -0.25) is 5.10 Å². The van der Waals surface area contributed by atoms with E-state index in [9.17, 15) is 0 Å². The summed E-state index contributed by atoms with van der Waals surface area (Å²) in [6.45, 7) is 1.86. The van der Waals surface area contributed by atoms with Crippen LogP contribution < -0.4 is 0 Å². The van der Waals surface area contributed by atoms with E-state index in [1.165, 1.54) is 0 Å². The molecule has 2 rings (SSSR count). The van der Waals surface area contributed by atoms with Crippen LogP contribution in [0.2, 0.25) is 0 Å². The molecule has 4 nitrogen and oxygen atoms in total. The first-order valence-electron chi connectivity index (χ1n) is 3.10. The molecule has 0 aromatic carbocycles. The standard InChI is InChI=1S/C6H5IN4/c1-3-8-2-4-5(9-3)6(7)11-10-4/h2H,1H3,(H,10,11). The average molecular weight is 260 g/mol. The monoisotopic (exact) mass is 260 g/mol. The number of fused-ring (bicyclic) bond motifs is 1. The maximum atomic E-state index is 4.22. The molecule has 11 heavy (non-hydrogen) atoms. The summed E-state index contributed by atoms with van der Waals surface area (Å²) < 4.78 is 0.961. The largest absolute Gasteiger partial charge is 0.269 e. The Morgan fingerprint density at radius 2 is 2.36 bits per heavy atom. The number of nitrogens with one attached hydrogen (secondary N) is 1. The molecule has 5 heteroatoms. The summed E-state index contributed by atoms with van der Waals surface area (Å²) in [4.78, 5) is 8.25. The first-order valence-corrected chi connectivity index (χ1v) is 4.18. The molecular formula is C6H5IN4. The van der Waals surface area contributed by atoms with Crippen molar-refractivity contribution in [2.45, 2.75) is 6.92 Å². The minimum atomic E-state index is 0.775. The summed E-state index contributed by atoms with van der Waals surface area (Å²) >= 11 is 2.16. The quantitative estimate of drug-likeness (QED) is 0.725. The van der Waals surface area contributed by atoms with E-state index in [4.69, 9.17) is 0 Å². The van der Waals surface area contributed by atoms with Crippen molar-refractivity contribution in [2.75, 3.05) is 0 Å². The molecule has 0 fully saturated rings. The third-order valence-electron chi connectivity index (χ3n) is 1.37. The molecule has 2 heterocycles. The molecule has 0 aliphatic heterocycles. The van der Waals surface area contributed by atoms with Gasteiger partial charge in [0.1, 0.15) is 20.6 Å². The van der Waals surface area contributed by atoms with Gasteiger partial charge in [0, 0.05) is 0 Å². The lowest BCUT2D eigenvalue weighted by Gasteiger charge is -1.88. The number of hydrogen-bond acceptors (Lipinski definition) is 3. The fourth-order valence-electron chi connectivity index (χ4n) is 0.869. The van der Waals surface area contributed by atoms with E-state index >= 15 is 0 Å². The minimum Gasteiger partial charge on any atom is -0.269 e. The van der Waals surface area contributed by atoms with Crippen LogP contribution in [0.3, 0.4) is 0 Å². The van der Waals surface area contributed by atoms with Gasteiger partial charge in [-0.2, -0.15) is 5.10 Å². The van der Waals surface area contributed by atoms with Crippen LogP contribution in [0, 0.1) is 10.6 Å². The van der Waals surface area contributed by atoms with Gasteiger partial charge >= 0.3 is 0 Å². The Kier molecular flexibility index (Phi) is 1.52. The van der Waals surface area contributed by atoms with E-state index < -0.39 is 0 Å². The van der Waals surface area contributed by atoms with Crippen LogP contribution >= 0.6 is 22.6 Å². The van der Waals surface area contributed by atoms with Gasteiger partial charge in [-0.15, -0.1) is 0 Å². The lowest BCUT2D eigenvalue weighted by atomic mass is 10.5. The molecule has 0 saturated heterocycles. The molecule has 0 aliphatic carbocycles. The first kappa shape index (κ1) is 6.96. The lowest BCUT2D eigenvalue weighted by Crippen LogP contribution is -1.85. The van der Waals surface area contributed by atoms with Gasteiger partial charge in [0.2, 0.25) is 0 Å². The number of H-pyrrole nitrogens is 1. The molecule has 0 saturated carbocycles. The van der Waals surface area contributed by atoms with Gasteiger partial charge in [0.15, 0.2) is 0 Å². The third kappa shape index (κ3) is 1.09. The first-order chi connectivity index (χ1) is 5.27. The number of rotatable bonds is 0. The van der Waals surface area contributed by atoms with Gasteiger partial charge in [-0.05, 0) is 29.5 Å². The van der Waals surface area contributed by atoms with E-state index in [1.807, 2.05) is 6.92 Å². The highest BCUT2D eigenvalue weighted by Gasteiger charge is 2.03. The molecule has 2 aromatic rings. The normalized spacial score (nSPS) is 10.7. The van der Waals surface area contributed by atoms with Crippen LogP contribution in [-0.2, 0) is 0 Å². The topological polar surface area (TPSA) is 54.5 Å². The summed E-state index contributed by atoms with van der Waals surface area (Å²) in [6, 6.07) is 0. The molecular weight excluding hydrogens is 255 g/mol. The predicted octanol–water partition coefficient (Wildman–Crippen LogP) is 1.27. The minimum absolute atomic E-state index is 0.775. The lowest BCUT2D eigenvalue weighted by molar-refractivity contribution is 1.08. The predicted molar refractivity (Wildman–Crippen MR) is 49.1 cm³/mol. The van der Waals surface area contributed by atoms with Crippen molar-refractivity contribution in [3.63, 3.8) is 0 Å². The molecule has 0 bridgehead atoms. The van der Waals surface area contributed by atoms with E-state index in [-0.39, 0.29) is 0 Å². The van der Waals surface area contributed by atoms with Crippen LogP contribution in [0.5, 0.6) is 0 Å². The van der Waals surface area contributed by atoms with Gasteiger partial charge in [-0.1, -0.05) is 0 Å². The second-order valence-electron chi connectivity index (χ2n) is 2.19. The number of aryl methyl sites for hydroxylation is 1. The number of hydrogen-bond donors (Lipinski definition) is 1. The summed E-state index contributed by atoms with van der Waals surface area (Å²) in [6.07, 6.45) is 1.72. The zero-order chi connectivity index (χ0) is 7.84. The van der Waals surface area contributed by atoms with E-state index in [1.54, 1.807) is 6.20 Å². The van der Waals surface area contributed by atoms with Crippen LogP contribution in [0.15, 0.2) is 6.20 Å². The van der Waals surface area contributed by atoms with E-state index in [0.29, 0.717) is 0 Å². The Morgan fingerprint density at radius 1 is 1.55 bits per heavy atom. The summed E-state index contributed by atoms with van der Waals surface area (Å²) in [5.41, 5.74) is 1.72. The Labute approximate surface area is 76.6 Å². The van der Waals surface area contributed by atoms with Crippen molar-refractivity contribution in [1.82, 2.24) is 20.2 Å². The second-order valence-corrected chi connectivity index (χ2v) is 3.27. The molecule has 0 unspecified atom stereocenters. The molecule has 2 aromatic heterocycles. The molecule has 0 atom stereocenters. The molecule has 0 amide bonds. The molecule has 0 radical (unpaired) electrons. The third-order valence-corrected chi connectivity index (χ3v) is 2.12. The second kappa shape index (κ2) is 2.40. The number of aromatic amines is 1. The van der Waals surface area contributed by atoms with Crippen molar-refractivity contribution in [3.05, 3.63) is 15.7 Å². The van der Waals surface area contributed by atoms with Crippen LogP contribution in [0.4, 0.5) is 0 Å². The number of halogens is 1. The van der Waals surface area contributed by atoms with Crippen molar-refractivity contribution >= 4 is 33.6 Å². The zero-order valence-corrected chi connectivity index (χ0v) is 7.95. The van der Waals surface area contributed by atoms with E-state index in [2.05, 4.69) is 42.8 Å². The van der Waals surface area contributed by atoms with E-state index in [0.717, 1.165) is 20.6 Å². The van der Waals surface area contributed by atoms with Crippen molar-refractivity contribution in [3.8, 4) is 0 Å². The molecule has 0 spiro atoms. The highest BCUT2D eigenvalue weighted by atomic mass is 127. The Balaban J connectivity index is 2.87. The van der Waals surface area contributed by atoms with Crippen LogP contribution in [-0.4, -0.2) is 20.2 Å². The van der Waals surface area contributed by atoms with Crippen LogP contribution in [0.25, 0.3) is 11.0 Å². The van der Waals surface area contributed by atoms with Gasteiger partial charge < -0.3 is 0 Å². The molecule has 0 aliphatic rings. The maximum absolute atomic E-state index is 4.22. The number of nitrogens with zero attached hydrogens (tertiary/aromatic N) is 3. The Hall–Kier alpha value is -0.720. The smallest absolute Gasteiger partial charge is 0.130 e. The molecule has 1 N–H and O–H groups in total. The van der Waals surface area contributed by atoms with Gasteiger partial charge in [-0.25, -0.2) is 9.97 Å². The summed E-state index contributed by atoms with van der Waals surface area (Å²) in [7, 11) is 0. The highest BCUT2D eigenvalue weighted by Crippen LogP contribution is 2.13. The van der Waals surface area contributed by atoms with Gasteiger partial charge in [0.25, 0.3) is 0 Å². The SMILES string of the molecule is Cc1ncc2n[nH]c(I)c2n1. The Morgan fingerprint density at radius 3 is 3.18 bits per heavy atom. The van der Waals surface area contributed by atoms with Gasteiger partial charge in [0.05, 0.1) is 6.20 Å². The van der Waals surface area contributed by atoms with Crippen molar-refractivity contribution < 1.29 is 0 Å². The molecule has 56 valence electrons.